The van der Waals surface area contributed by atoms with Crippen molar-refractivity contribution in [1.29, 1.82) is 0 Å². The fourth-order valence-electron chi connectivity index (χ4n) is 4.30. The molecule has 2 aromatic carbocycles. The van der Waals surface area contributed by atoms with Crippen molar-refractivity contribution >= 4 is 34.2 Å². The Kier molecular flexibility index (Phi) is 6.14. The average Bonchev–Trinajstić information content (AvgIpc) is 3.34. The number of benzene rings is 2. The number of H-pyrrole nitrogens is 1. The van der Waals surface area contributed by atoms with E-state index in [0.29, 0.717) is 29.3 Å². The van der Waals surface area contributed by atoms with Crippen molar-refractivity contribution in [1.82, 2.24) is 15.0 Å². The van der Waals surface area contributed by atoms with Crippen molar-refractivity contribution in [3.05, 3.63) is 77.7 Å². The molecule has 5 rings (SSSR count). The van der Waals surface area contributed by atoms with E-state index < -0.39 is 5.97 Å². The number of aromatic nitrogens is 3. The molecule has 34 heavy (non-hydrogen) atoms. The number of carbonyl (C=O) groups excluding carboxylic acids is 1. The third kappa shape index (κ3) is 4.58. The van der Waals surface area contributed by atoms with Crippen molar-refractivity contribution in [3.63, 3.8) is 0 Å². The smallest absolute Gasteiger partial charge is 0.339 e. The topological polar surface area (TPSA) is 103 Å². The summed E-state index contributed by atoms with van der Waals surface area (Å²) in [7, 11) is 1.37. The molecule has 0 unspecified atom stereocenters. The van der Waals surface area contributed by atoms with Crippen LogP contribution in [0.4, 0.5) is 17.2 Å². The van der Waals surface area contributed by atoms with Crippen LogP contribution in [0.3, 0.4) is 0 Å². The molecule has 1 fully saturated rings. The molecule has 174 valence electrons. The molecule has 0 spiro atoms. The second kappa shape index (κ2) is 9.52. The number of carbonyl (C=O) groups is 1. The summed E-state index contributed by atoms with van der Waals surface area (Å²) in [6.45, 7) is 1.74. The summed E-state index contributed by atoms with van der Waals surface area (Å²) < 4.78 is 4.91. The number of nitrogens with zero attached hydrogens (tertiary/aromatic N) is 3. The number of ether oxygens (including phenoxy) is 1. The van der Waals surface area contributed by atoms with Crippen LogP contribution in [0.1, 0.15) is 34.6 Å². The molecule has 8 nitrogen and oxygen atoms in total. The lowest BCUT2D eigenvalue weighted by molar-refractivity contribution is 0.0602. The Morgan fingerprint density at radius 2 is 1.88 bits per heavy atom. The number of aliphatic hydroxyl groups excluding tert-OH is 1. The average molecular weight is 458 g/mol. The Morgan fingerprint density at radius 1 is 1.12 bits per heavy atom. The van der Waals surface area contributed by atoms with Crippen molar-refractivity contribution in [2.75, 3.05) is 30.4 Å². The number of methoxy groups -OCH3 is 1. The van der Waals surface area contributed by atoms with E-state index in [1.54, 1.807) is 12.1 Å². The summed E-state index contributed by atoms with van der Waals surface area (Å²) in [5.41, 5.74) is 4.89. The largest absolute Gasteiger partial charge is 0.465 e. The minimum absolute atomic E-state index is 0.182. The molecule has 0 atom stereocenters. The second-order valence-electron chi connectivity index (χ2n) is 8.45. The lowest BCUT2D eigenvalue weighted by Crippen LogP contribution is -2.35. The second-order valence-corrected chi connectivity index (χ2v) is 8.45. The Bertz CT molecular complexity index is 1290. The first-order valence-electron chi connectivity index (χ1n) is 11.4. The van der Waals surface area contributed by atoms with Crippen molar-refractivity contribution in [2.24, 2.45) is 0 Å². The van der Waals surface area contributed by atoms with E-state index in [-0.39, 0.29) is 6.10 Å². The monoisotopic (exact) mass is 457 g/mol. The van der Waals surface area contributed by atoms with Crippen molar-refractivity contribution < 1.29 is 14.6 Å². The van der Waals surface area contributed by atoms with Crippen LogP contribution in [0, 0.1) is 0 Å². The predicted octanol–water partition coefficient (Wildman–Crippen LogP) is 4.04. The minimum atomic E-state index is -0.414. The molecule has 0 amide bonds. The summed E-state index contributed by atoms with van der Waals surface area (Å²) in [5, 5.41) is 13.0. The molecular weight excluding hydrogens is 430 g/mol. The number of esters is 1. The molecule has 0 radical (unpaired) electrons. The van der Waals surface area contributed by atoms with Crippen LogP contribution in [0.2, 0.25) is 0 Å². The molecule has 0 bridgehead atoms. The maximum absolute atomic E-state index is 12.2. The van der Waals surface area contributed by atoms with Gasteiger partial charge in [0.1, 0.15) is 11.3 Å². The Hall–Kier alpha value is -3.91. The van der Waals surface area contributed by atoms with E-state index >= 15 is 0 Å². The van der Waals surface area contributed by atoms with Crippen LogP contribution in [0.5, 0.6) is 0 Å². The summed E-state index contributed by atoms with van der Waals surface area (Å²) in [6, 6.07) is 17.5. The Morgan fingerprint density at radius 3 is 2.65 bits per heavy atom. The number of anilines is 3. The van der Waals surface area contributed by atoms with E-state index in [9.17, 15) is 9.90 Å². The number of aromatic amines is 1. The molecule has 0 saturated carbocycles. The van der Waals surface area contributed by atoms with Crippen LogP contribution < -0.4 is 10.2 Å². The van der Waals surface area contributed by atoms with Crippen LogP contribution in [-0.2, 0) is 11.2 Å². The SMILES string of the molecule is COC(=O)c1ccccc1Nc1nc(Cc2ccc(N3CCC(O)CC3)cc2)nc2cc[nH]c12. The zero-order valence-electron chi connectivity index (χ0n) is 19.0. The van der Waals surface area contributed by atoms with Gasteiger partial charge >= 0.3 is 5.97 Å². The van der Waals surface area contributed by atoms with Gasteiger partial charge in [0, 0.05) is 31.4 Å². The summed E-state index contributed by atoms with van der Waals surface area (Å²) >= 11 is 0. The van der Waals surface area contributed by atoms with Gasteiger partial charge in [0.2, 0.25) is 0 Å². The van der Waals surface area contributed by atoms with Gasteiger partial charge in [-0.05, 0) is 48.7 Å². The van der Waals surface area contributed by atoms with Gasteiger partial charge in [-0.25, -0.2) is 14.8 Å². The van der Waals surface area contributed by atoms with Crippen LogP contribution in [-0.4, -0.2) is 52.3 Å². The molecule has 1 aliphatic rings. The lowest BCUT2D eigenvalue weighted by atomic mass is 10.1. The molecule has 4 aromatic rings. The van der Waals surface area contributed by atoms with E-state index in [1.807, 2.05) is 24.4 Å². The Balaban J connectivity index is 1.39. The van der Waals surface area contributed by atoms with Crippen LogP contribution in [0.15, 0.2) is 60.8 Å². The van der Waals surface area contributed by atoms with Gasteiger partial charge in [0.25, 0.3) is 0 Å². The molecular formula is C26H27N5O3. The quantitative estimate of drug-likeness (QED) is 0.376. The van der Waals surface area contributed by atoms with E-state index in [2.05, 4.69) is 39.5 Å². The van der Waals surface area contributed by atoms with Gasteiger partial charge in [-0.2, -0.15) is 0 Å². The lowest BCUT2D eigenvalue weighted by Gasteiger charge is -2.31. The third-order valence-electron chi connectivity index (χ3n) is 6.17. The Labute approximate surface area is 197 Å². The molecule has 2 aromatic heterocycles. The zero-order chi connectivity index (χ0) is 23.5. The highest BCUT2D eigenvalue weighted by Gasteiger charge is 2.18. The first-order chi connectivity index (χ1) is 16.6. The maximum Gasteiger partial charge on any atom is 0.339 e. The summed E-state index contributed by atoms with van der Waals surface area (Å²) in [4.78, 5) is 27.2. The minimum Gasteiger partial charge on any atom is -0.465 e. The molecule has 1 aliphatic heterocycles. The summed E-state index contributed by atoms with van der Waals surface area (Å²) in [5.74, 6) is 0.868. The zero-order valence-corrected chi connectivity index (χ0v) is 19.0. The fraction of sp³-hybridized carbons (Fsp3) is 0.269. The van der Waals surface area contributed by atoms with Gasteiger partial charge in [-0.3, -0.25) is 0 Å². The third-order valence-corrected chi connectivity index (χ3v) is 6.17. The van der Waals surface area contributed by atoms with Crippen molar-refractivity contribution in [3.8, 4) is 0 Å². The molecule has 1 saturated heterocycles. The first kappa shape index (κ1) is 21.9. The van der Waals surface area contributed by atoms with E-state index in [0.717, 1.165) is 42.5 Å². The standard InChI is InChI=1S/C26H27N5O3/c1-34-26(33)20-4-2-3-5-21(20)29-25-24-22(10-13-27-24)28-23(30-25)16-17-6-8-18(9-7-17)31-14-11-19(32)12-15-31/h2-10,13,19,27,32H,11-12,14-16H2,1H3,(H,28,29,30). The fourth-order valence-corrected chi connectivity index (χ4v) is 4.30. The maximum atomic E-state index is 12.2. The number of hydrogen-bond donors (Lipinski definition) is 3. The predicted molar refractivity (Wildman–Crippen MR) is 132 cm³/mol. The van der Waals surface area contributed by atoms with Crippen LogP contribution in [0.25, 0.3) is 11.0 Å². The van der Waals surface area contributed by atoms with Gasteiger partial charge in [-0.1, -0.05) is 24.3 Å². The highest BCUT2D eigenvalue weighted by Crippen LogP contribution is 2.27. The number of hydrogen-bond acceptors (Lipinski definition) is 7. The van der Waals surface area contributed by atoms with E-state index in [1.165, 1.54) is 12.8 Å². The van der Waals surface area contributed by atoms with Crippen molar-refractivity contribution in [2.45, 2.75) is 25.4 Å². The molecule has 3 N–H and O–H groups in total. The van der Waals surface area contributed by atoms with Crippen LogP contribution >= 0.6 is 0 Å². The molecule has 3 heterocycles. The first-order valence-corrected chi connectivity index (χ1v) is 11.4. The van der Waals surface area contributed by atoms with E-state index in [4.69, 9.17) is 14.7 Å². The number of fused-ring (bicyclic) bond motifs is 1. The number of aliphatic hydroxyl groups is 1. The number of piperidine rings is 1. The summed E-state index contributed by atoms with van der Waals surface area (Å²) in [6.07, 6.45) is 3.83. The van der Waals surface area contributed by atoms with Gasteiger partial charge in [0.15, 0.2) is 5.82 Å². The number of para-hydroxylation sites is 1. The highest BCUT2D eigenvalue weighted by molar-refractivity contribution is 5.98. The van der Waals surface area contributed by atoms with Gasteiger partial charge in [-0.15, -0.1) is 0 Å². The highest BCUT2D eigenvalue weighted by atomic mass is 16.5. The van der Waals surface area contributed by atoms with Gasteiger partial charge < -0.3 is 25.0 Å². The molecule has 0 aliphatic carbocycles. The molecule has 8 heteroatoms. The normalized spacial score (nSPS) is 14.4. The van der Waals surface area contributed by atoms with Gasteiger partial charge in [0.05, 0.1) is 30.0 Å². The number of nitrogens with one attached hydrogen (secondary N) is 2. The number of rotatable bonds is 6.